The topological polar surface area (TPSA) is 46.3 Å². The maximum Gasteiger partial charge on any atom is 0.235 e. The number of carbonyl (C=O) groups is 1. The molecule has 3 nitrogen and oxygen atoms in total. The summed E-state index contributed by atoms with van der Waals surface area (Å²) in [5, 5.41) is 0. The van der Waals surface area contributed by atoms with Crippen LogP contribution in [0.15, 0.2) is 0 Å². The van der Waals surface area contributed by atoms with Crippen LogP contribution in [0.5, 0.6) is 0 Å². The average Bonchev–Trinajstić information content (AvgIpc) is 2.09. The van der Waals surface area contributed by atoms with Crippen molar-refractivity contribution in [3.63, 3.8) is 0 Å². The van der Waals surface area contributed by atoms with Gasteiger partial charge in [0.1, 0.15) is 0 Å². The van der Waals surface area contributed by atoms with Crippen molar-refractivity contribution in [2.45, 2.75) is 39.7 Å². The minimum atomic E-state index is -0.548. The molecule has 0 spiro atoms. The molecule has 0 atom stereocenters. The maximum atomic E-state index is 12.2. The van der Waals surface area contributed by atoms with E-state index < -0.39 is 5.41 Å². The van der Waals surface area contributed by atoms with E-state index in [0.717, 1.165) is 12.8 Å². The molecule has 0 saturated heterocycles. The van der Waals surface area contributed by atoms with E-state index in [1.807, 2.05) is 20.9 Å². The smallest absolute Gasteiger partial charge is 0.235 e. The Balaban J connectivity index is 2.84. The van der Waals surface area contributed by atoms with Crippen LogP contribution in [0.2, 0.25) is 0 Å². The van der Waals surface area contributed by atoms with Crippen molar-refractivity contribution in [3.8, 4) is 0 Å². The lowest BCUT2D eigenvalue weighted by Gasteiger charge is -2.46. The van der Waals surface area contributed by atoms with E-state index in [1.165, 1.54) is 0 Å². The van der Waals surface area contributed by atoms with E-state index in [2.05, 4.69) is 6.92 Å². The van der Waals surface area contributed by atoms with Crippen LogP contribution >= 0.6 is 12.2 Å². The molecule has 15 heavy (non-hydrogen) atoms. The lowest BCUT2D eigenvalue weighted by atomic mass is 9.61. The first-order chi connectivity index (χ1) is 6.81. The van der Waals surface area contributed by atoms with Crippen LogP contribution in [0.25, 0.3) is 0 Å². The molecule has 1 rings (SSSR count). The van der Waals surface area contributed by atoms with Crippen molar-refractivity contribution in [1.29, 1.82) is 0 Å². The van der Waals surface area contributed by atoms with Crippen LogP contribution in [0.1, 0.15) is 33.6 Å². The van der Waals surface area contributed by atoms with E-state index >= 15 is 0 Å². The summed E-state index contributed by atoms with van der Waals surface area (Å²) < 4.78 is 0. The summed E-state index contributed by atoms with van der Waals surface area (Å²) in [5.41, 5.74) is 5.17. The average molecular weight is 228 g/mol. The fourth-order valence-electron chi connectivity index (χ4n) is 2.18. The third-order valence-electron chi connectivity index (χ3n) is 3.37. The Morgan fingerprint density at radius 3 is 2.27 bits per heavy atom. The zero-order chi connectivity index (χ0) is 11.8. The maximum absolute atomic E-state index is 12.2. The Morgan fingerprint density at radius 2 is 2.00 bits per heavy atom. The minimum Gasteiger partial charge on any atom is -0.392 e. The Hall–Kier alpha value is -0.640. The molecule has 0 bridgehead atoms. The van der Waals surface area contributed by atoms with E-state index in [9.17, 15) is 4.79 Å². The van der Waals surface area contributed by atoms with Gasteiger partial charge in [-0.2, -0.15) is 0 Å². The van der Waals surface area contributed by atoms with Crippen molar-refractivity contribution in [2.24, 2.45) is 17.1 Å². The Morgan fingerprint density at radius 1 is 1.53 bits per heavy atom. The van der Waals surface area contributed by atoms with Crippen molar-refractivity contribution in [3.05, 3.63) is 0 Å². The normalized spacial score (nSPS) is 29.8. The first-order valence-corrected chi connectivity index (χ1v) is 5.79. The van der Waals surface area contributed by atoms with Crippen LogP contribution < -0.4 is 5.73 Å². The zero-order valence-corrected chi connectivity index (χ0v) is 10.7. The summed E-state index contributed by atoms with van der Waals surface area (Å²) in [6.45, 7) is 6.11. The van der Waals surface area contributed by atoms with Gasteiger partial charge >= 0.3 is 0 Å². The molecule has 1 saturated carbocycles. The summed E-state index contributed by atoms with van der Waals surface area (Å²) in [4.78, 5) is 14.3. The molecule has 0 unspecified atom stereocenters. The number of hydrogen-bond donors (Lipinski definition) is 1. The van der Waals surface area contributed by atoms with Gasteiger partial charge in [0.2, 0.25) is 5.91 Å². The van der Waals surface area contributed by atoms with Gasteiger partial charge in [-0.05, 0) is 32.6 Å². The second-order valence-electron chi connectivity index (χ2n) is 4.97. The molecular weight excluding hydrogens is 208 g/mol. The molecule has 4 heteroatoms. The van der Waals surface area contributed by atoms with E-state index in [4.69, 9.17) is 18.0 Å². The van der Waals surface area contributed by atoms with Crippen molar-refractivity contribution in [1.82, 2.24) is 4.90 Å². The number of hydrogen-bond acceptors (Lipinski definition) is 2. The van der Waals surface area contributed by atoms with E-state index in [1.54, 1.807) is 4.90 Å². The molecule has 1 fully saturated rings. The van der Waals surface area contributed by atoms with Gasteiger partial charge in [0.05, 0.1) is 10.4 Å². The summed E-state index contributed by atoms with van der Waals surface area (Å²) >= 11 is 5.05. The summed E-state index contributed by atoms with van der Waals surface area (Å²) in [6.07, 6.45) is 1.61. The predicted molar refractivity (Wildman–Crippen MR) is 65.5 cm³/mol. The van der Waals surface area contributed by atoms with Crippen LogP contribution in [0.3, 0.4) is 0 Å². The molecule has 0 aromatic carbocycles. The molecule has 1 amide bonds. The monoisotopic (exact) mass is 228 g/mol. The molecule has 0 aromatic rings. The fourth-order valence-corrected chi connectivity index (χ4v) is 2.44. The first kappa shape index (κ1) is 12.4. The zero-order valence-electron chi connectivity index (χ0n) is 9.91. The van der Waals surface area contributed by atoms with Gasteiger partial charge in [0, 0.05) is 13.1 Å². The van der Waals surface area contributed by atoms with Gasteiger partial charge in [-0.3, -0.25) is 4.79 Å². The highest BCUT2D eigenvalue weighted by atomic mass is 32.1. The van der Waals surface area contributed by atoms with Gasteiger partial charge in [0.25, 0.3) is 0 Å². The second-order valence-corrected chi connectivity index (χ2v) is 5.41. The van der Waals surface area contributed by atoms with Gasteiger partial charge in [0.15, 0.2) is 0 Å². The molecular formula is C11H20N2OS. The molecule has 1 aliphatic carbocycles. The largest absolute Gasteiger partial charge is 0.392 e. The van der Waals surface area contributed by atoms with Crippen molar-refractivity contribution in [2.75, 3.05) is 7.05 Å². The first-order valence-electron chi connectivity index (χ1n) is 5.38. The summed E-state index contributed by atoms with van der Waals surface area (Å²) in [6, 6.07) is 0.194. The molecule has 86 valence electrons. The van der Waals surface area contributed by atoms with Crippen LogP contribution in [0, 0.1) is 11.3 Å². The molecule has 1 aliphatic rings. The van der Waals surface area contributed by atoms with Gasteiger partial charge in [-0.25, -0.2) is 0 Å². The number of amides is 1. The Kier molecular flexibility index (Phi) is 3.38. The lowest BCUT2D eigenvalue weighted by Crippen LogP contribution is -2.57. The Labute approximate surface area is 97.0 Å². The van der Waals surface area contributed by atoms with Crippen LogP contribution in [-0.4, -0.2) is 28.9 Å². The second kappa shape index (κ2) is 4.08. The third kappa shape index (κ3) is 2.00. The van der Waals surface area contributed by atoms with Crippen LogP contribution in [0.4, 0.5) is 0 Å². The molecule has 2 N–H and O–H groups in total. The number of thiocarbonyl (C=S) groups is 1. The number of carbonyl (C=O) groups excluding carboxylic acids is 1. The van der Waals surface area contributed by atoms with Gasteiger partial charge in [-0.1, -0.05) is 19.1 Å². The minimum absolute atomic E-state index is 0.0862. The number of nitrogens with two attached hydrogens (primary N) is 1. The van der Waals surface area contributed by atoms with Crippen molar-refractivity contribution >= 4 is 23.1 Å². The summed E-state index contributed by atoms with van der Waals surface area (Å²) in [7, 11) is 1.82. The van der Waals surface area contributed by atoms with Gasteiger partial charge in [-0.15, -0.1) is 0 Å². The standard InChI is InChI=1S/C11H20N2OS/c1-7(2)13(4)10(14)11(9(12)15)5-8(3)6-11/h7-8H,5-6H2,1-4H3,(H2,12,15). The predicted octanol–water partition coefficient (Wildman–Crippen LogP) is 1.56. The Bertz CT molecular complexity index is 282. The highest BCUT2D eigenvalue weighted by Gasteiger charge is 2.52. The molecule has 0 aromatic heterocycles. The SMILES string of the molecule is CC1CC(C(=O)N(C)C(C)C)(C(N)=S)C1. The molecule has 0 aliphatic heterocycles. The van der Waals surface area contributed by atoms with E-state index in [-0.39, 0.29) is 11.9 Å². The fraction of sp³-hybridized carbons (Fsp3) is 0.818. The number of rotatable bonds is 3. The van der Waals surface area contributed by atoms with Gasteiger partial charge < -0.3 is 10.6 Å². The molecule has 0 heterocycles. The molecule has 0 radical (unpaired) electrons. The number of nitrogens with zero attached hydrogens (tertiary/aromatic N) is 1. The highest BCUT2D eigenvalue weighted by Crippen LogP contribution is 2.47. The summed E-state index contributed by atoms with van der Waals surface area (Å²) in [5.74, 6) is 0.638. The van der Waals surface area contributed by atoms with Crippen molar-refractivity contribution < 1.29 is 4.79 Å². The lowest BCUT2D eigenvalue weighted by molar-refractivity contribution is -0.144. The third-order valence-corrected chi connectivity index (χ3v) is 3.76. The van der Waals surface area contributed by atoms with E-state index in [0.29, 0.717) is 10.9 Å². The van der Waals surface area contributed by atoms with Crippen LogP contribution in [-0.2, 0) is 4.79 Å². The quantitative estimate of drug-likeness (QED) is 0.746. The highest BCUT2D eigenvalue weighted by molar-refractivity contribution is 7.80.